The van der Waals surface area contributed by atoms with Crippen LogP contribution in [0.4, 0.5) is 18.9 Å². The average Bonchev–Trinajstić information content (AvgIpc) is 2.34. The van der Waals surface area contributed by atoms with Crippen LogP contribution in [-0.2, 0) is 6.18 Å². The highest BCUT2D eigenvalue weighted by atomic mass is 35.5. The van der Waals surface area contributed by atoms with E-state index in [1.165, 1.54) is 12.1 Å². The number of benzene rings is 1. The first kappa shape index (κ1) is 16.2. The largest absolute Gasteiger partial charge is 0.418 e. The van der Waals surface area contributed by atoms with Gasteiger partial charge in [-0.05, 0) is 31.0 Å². The summed E-state index contributed by atoms with van der Waals surface area (Å²) in [7, 11) is 0. The average molecular weight is 294 g/mol. The minimum atomic E-state index is -4.39. The van der Waals surface area contributed by atoms with Gasteiger partial charge < -0.3 is 5.32 Å². The summed E-state index contributed by atoms with van der Waals surface area (Å²) in [5.41, 5.74) is -0.588. The van der Waals surface area contributed by atoms with Gasteiger partial charge in [0.15, 0.2) is 0 Å². The zero-order valence-electron chi connectivity index (χ0n) is 11.1. The summed E-state index contributed by atoms with van der Waals surface area (Å²) in [6.45, 7) is 4.03. The standard InChI is InChI=1S/C14H19ClF3N/c1-3-5-6-11(4-2)19-13-8-7-10(15)9-12(13)14(16,17)18/h7-9,11,19H,3-6H2,1-2H3. The van der Waals surface area contributed by atoms with E-state index >= 15 is 0 Å². The van der Waals surface area contributed by atoms with E-state index in [4.69, 9.17) is 11.6 Å². The molecule has 0 saturated heterocycles. The highest BCUT2D eigenvalue weighted by Gasteiger charge is 2.34. The molecule has 0 saturated carbocycles. The van der Waals surface area contributed by atoms with Crippen molar-refractivity contribution in [3.05, 3.63) is 28.8 Å². The Morgan fingerprint density at radius 3 is 2.47 bits per heavy atom. The summed E-state index contributed by atoms with van der Waals surface area (Å²) in [5, 5.41) is 3.08. The van der Waals surface area contributed by atoms with Gasteiger partial charge in [0.05, 0.1) is 5.56 Å². The van der Waals surface area contributed by atoms with E-state index < -0.39 is 11.7 Å². The second-order valence-corrected chi connectivity index (χ2v) is 5.02. The van der Waals surface area contributed by atoms with Crippen LogP contribution in [-0.4, -0.2) is 6.04 Å². The summed E-state index contributed by atoms with van der Waals surface area (Å²) >= 11 is 5.65. The quantitative estimate of drug-likeness (QED) is 0.705. The number of nitrogens with one attached hydrogen (secondary N) is 1. The molecule has 0 heterocycles. The maximum Gasteiger partial charge on any atom is 0.418 e. The van der Waals surface area contributed by atoms with Gasteiger partial charge in [0.2, 0.25) is 0 Å². The van der Waals surface area contributed by atoms with E-state index in [0.717, 1.165) is 31.7 Å². The maximum absolute atomic E-state index is 12.9. The molecule has 0 aliphatic heterocycles. The van der Waals surface area contributed by atoms with Gasteiger partial charge in [-0.25, -0.2) is 0 Å². The van der Waals surface area contributed by atoms with Gasteiger partial charge in [0, 0.05) is 16.8 Å². The molecule has 5 heteroatoms. The lowest BCUT2D eigenvalue weighted by Crippen LogP contribution is -2.21. The number of rotatable bonds is 6. The topological polar surface area (TPSA) is 12.0 Å². The van der Waals surface area contributed by atoms with Gasteiger partial charge in [0.1, 0.15) is 0 Å². The molecule has 0 amide bonds. The van der Waals surface area contributed by atoms with Crippen molar-refractivity contribution in [2.24, 2.45) is 0 Å². The highest BCUT2D eigenvalue weighted by molar-refractivity contribution is 6.30. The number of unbranched alkanes of at least 4 members (excludes halogenated alkanes) is 1. The normalized spacial score (nSPS) is 13.4. The van der Waals surface area contributed by atoms with Crippen LogP contribution >= 0.6 is 11.6 Å². The molecule has 0 spiro atoms. The van der Waals surface area contributed by atoms with Crippen LogP contribution in [0.5, 0.6) is 0 Å². The summed E-state index contributed by atoms with van der Waals surface area (Å²) in [6.07, 6.45) is -0.700. The fraction of sp³-hybridized carbons (Fsp3) is 0.571. The number of hydrogen-bond donors (Lipinski definition) is 1. The minimum absolute atomic E-state index is 0.0576. The molecule has 19 heavy (non-hydrogen) atoms. The van der Waals surface area contributed by atoms with Gasteiger partial charge in [-0.3, -0.25) is 0 Å². The summed E-state index contributed by atoms with van der Waals surface area (Å²) < 4.78 is 38.8. The van der Waals surface area contributed by atoms with E-state index in [1.54, 1.807) is 0 Å². The molecule has 0 aliphatic rings. The van der Waals surface area contributed by atoms with E-state index in [-0.39, 0.29) is 16.8 Å². The summed E-state index contributed by atoms with van der Waals surface area (Å²) in [6, 6.07) is 3.91. The van der Waals surface area contributed by atoms with E-state index in [2.05, 4.69) is 12.2 Å². The Hall–Kier alpha value is -0.900. The SMILES string of the molecule is CCCCC(CC)Nc1ccc(Cl)cc1C(F)(F)F. The zero-order valence-corrected chi connectivity index (χ0v) is 11.9. The van der Waals surface area contributed by atoms with Crippen molar-refractivity contribution >= 4 is 17.3 Å². The molecule has 1 atom stereocenters. The number of alkyl halides is 3. The zero-order chi connectivity index (χ0) is 14.5. The Labute approximate surface area is 117 Å². The van der Waals surface area contributed by atoms with Crippen LogP contribution in [0.25, 0.3) is 0 Å². The van der Waals surface area contributed by atoms with Gasteiger partial charge in [-0.2, -0.15) is 13.2 Å². The predicted octanol–water partition coefficient (Wildman–Crippen LogP) is 5.74. The van der Waals surface area contributed by atoms with Crippen LogP contribution in [0.3, 0.4) is 0 Å². The number of anilines is 1. The summed E-state index contributed by atoms with van der Waals surface area (Å²) in [4.78, 5) is 0. The molecule has 1 unspecified atom stereocenters. The van der Waals surface area contributed by atoms with Crippen molar-refractivity contribution < 1.29 is 13.2 Å². The summed E-state index contributed by atoms with van der Waals surface area (Å²) in [5.74, 6) is 0. The smallest absolute Gasteiger partial charge is 0.382 e. The molecular weight excluding hydrogens is 275 g/mol. The van der Waals surface area contributed by atoms with Crippen LogP contribution in [0, 0.1) is 0 Å². The molecule has 0 radical (unpaired) electrons. The first-order valence-corrected chi connectivity index (χ1v) is 6.89. The molecule has 0 aliphatic carbocycles. The predicted molar refractivity (Wildman–Crippen MR) is 73.7 cm³/mol. The van der Waals surface area contributed by atoms with Gasteiger partial charge >= 0.3 is 6.18 Å². The first-order chi connectivity index (χ1) is 8.88. The van der Waals surface area contributed by atoms with Crippen LogP contribution in [0.1, 0.15) is 45.1 Å². The van der Waals surface area contributed by atoms with Crippen molar-refractivity contribution in [2.45, 2.75) is 51.7 Å². The molecule has 1 aromatic rings. The number of halogens is 4. The van der Waals surface area contributed by atoms with Crippen molar-refractivity contribution in [3.8, 4) is 0 Å². The third-order valence-corrected chi connectivity index (χ3v) is 3.28. The fourth-order valence-electron chi connectivity index (χ4n) is 1.93. The third kappa shape index (κ3) is 4.94. The van der Waals surface area contributed by atoms with Gasteiger partial charge in [-0.1, -0.05) is 38.3 Å². The Bertz CT molecular complexity index is 404. The van der Waals surface area contributed by atoms with Gasteiger partial charge in [-0.15, -0.1) is 0 Å². The van der Waals surface area contributed by atoms with Crippen LogP contribution in [0.15, 0.2) is 18.2 Å². The molecule has 108 valence electrons. The van der Waals surface area contributed by atoms with Crippen LogP contribution < -0.4 is 5.32 Å². The lowest BCUT2D eigenvalue weighted by molar-refractivity contribution is -0.137. The minimum Gasteiger partial charge on any atom is -0.382 e. The Balaban J connectivity index is 2.93. The second kappa shape index (κ2) is 7.04. The monoisotopic (exact) mass is 293 g/mol. The Kier molecular flexibility index (Phi) is 5.98. The van der Waals surface area contributed by atoms with Crippen molar-refractivity contribution in [1.29, 1.82) is 0 Å². The number of hydrogen-bond acceptors (Lipinski definition) is 1. The van der Waals surface area contributed by atoms with Crippen molar-refractivity contribution in [3.63, 3.8) is 0 Å². The molecule has 1 aromatic carbocycles. The first-order valence-electron chi connectivity index (χ1n) is 6.51. The Morgan fingerprint density at radius 1 is 1.26 bits per heavy atom. The molecule has 0 aromatic heterocycles. The Morgan fingerprint density at radius 2 is 1.95 bits per heavy atom. The molecule has 1 N–H and O–H groups in total. The lowest BCUT2D eigenvalue weighted by atomic mass is 10.1. The molecule has 0 fully saturated rings. The van der Waals surface area contributed by atoms with Gasteiger partial charge in [0.25, 0.3) is 0 Å². The molecular formula is C14H19ClF3N. The lowest BCUT2D eigenvalue weighted by Gasteiger charge is -2.21. The van der Waals surface area contributed by atoms with E-state index in [1.807, 2.05) is 6.92 Å². The second-order valence-electron chi connectivity index (χ2n) is 4.58. The van der Waals surface area contributed by atoms with Crippen molar-refractivity contribution in [1.82, 2.24) is 0 Å². The third-order valence-electron chi connectivity index (χ3n) is 3.05. The molecule has 1 rings (SSSR count). The van der Waals surface area contributed by atoms with E-state index in [0.29, 0.717) is 0 Å². The van der Waals surface area contributed by atoms with Crippen LogP contribution in [0.2, 0.25) is 5.02 Å². The molecule has 0 bridgehead atoms. The fourth-order valence-corrected chi connectivity index (χ4v) is 2.10. The molecule has 1 nitrogen and oxygen atoms in total. The maximum atomic E-state index is 12.9. The van der Waals surface area contributed by atoms with E-state index in [9.17, 15) is 13.2 Å². The van der Waals surface area contributed by atoms with Crippen molar-refractivity contribution in [2.75, 3.05) is 5.32 Å². The highest BCUT2D eigenvalue weighted by Crippen LogP contribution is 2.37.